The number of ether oxygens (including phenoxy) is 2. The molecule has 136 valence electrons. The number of benzene rings is 1. The van der Waals surface area contributed by atoms with E-state index < -0.39 is 17.4 Å². The number of methoxy groups -OCH3 is 1. The first-order valence-corrected chi connectivity index (χ1v) is 8.65. The van der Waals surface area contributed by atoms with Crippen molar-refractivity contribution < 1.29 is 24.2 Å². The van der Waals surface area contributed by atoms with E-state index in [4.69, 9.17) is 9.47 Å². The highest BCUT2D eigenvalue weighted by molar-refractivity contribution is 6.08. The highest BCUT2D eigenvalue weighted by Gasteiger charge is 2.44. The standard InChI is InChI=1S/C19H20N2O5/c1-25-12-4-5-15-13(8-12)14(9-16(20-15)11-2-3-11)17(22)21-19(18(23)24)6-7-26-10-19/h4-5,8-9,11H,2-3,6-7,10H2,1H3,(H,21,22)(H,23,24). The van der Waals surface area contributed by atoms with Crippen LogP contribution in [0.25, 0.3) is 10.9 Å². The Hall–Kier alpha value is -2.67. The molecule has 1 amide bonds. The second-order valence-corrected chi connectivity index (χ2v) is 6.90. The molecule has 1 saturated heterocycles. The van der Waals surface area contributed by atoms with Crippen molar-refractivity contribution in [2.24, 2.45) is 0 Å². The van der Waals surface area contributed by atoms with Gasteiger partial charge >= 0.3 is 5.97 Å². The van der Waals surface area contributed by atoms with Gasteiger partial charge in [-0.3, -0.25) is 9.78 Å². The number of fused-ring (bicyclic) bond motifs is 1. The Morgan fingerprint density at radius 1 is 1.35 bits per heavy atom. The molecule has 7 heteroatoms. The number of amides is 1. The minimum absolute atomic E-state index is 0.0319. The zero-order chi connectivity index (χ0) is 18.3. The highest BCUT2D eigenvalue weighted by Crippen LogP contribution is 2.40. The SMILES string of the molecule is COc1ccc2nc(C3CC3)cc(C(=O)NC3(C(=O)O)CCOC3)c2c1. The first-order valence-electron chi connectivity index (χ1n) is 8.65. The first-order chi connectivity index (χ1) is 12.5. The Morgan fingerprint density at radius 3 is 2.77 bits per heavy atom. The van der Waals surface area contributed by atoms with Gasteiger partial charge in [0, 0.05) is 30.0 Å². The second kappa shape index (κ2) is 6.25. The van der Waals surface area contributed by atoms with E-state index in [0.29, 0.717) is 34.7 Å². The fourth-order valence-corrected chi connectivity index (χ4v) is 3.30. The lowest BCUT2D eigenvalue weighted by Crippen LogP contribution is -2.55. The zero-order valence-corrected chi connectivity index (χ0v) is 14.4. The monoisotopic (exact) mass is 356 g/mol. The Morgan fingerprint density at radius 2 is 2.15 bits per heavy atom. The largest absolute Gasteiger partial charge is 0.497 e. The lowest BCUT2D eigenvalue weighted by atomic mass is 9.97. The average molecular weight is 356 g/mol. The van der Waals surface area contributed by atoms with Crippen LogP contribution in [0.3, 0.4) is 0 Å². The fraction of sp³-hybridized carbons (Fsp3) is 0.421. The van der Waals surface area contributed by atoms with Gasteiger partial charge in [-0.1, -0.05) is 0 Å². The summed E-state index contributed by atoms with van der Waals surface area (Å²) in [4.78, 5) is 29.4. The van der Waals surface area contributed by atoms with Crippen molar-refractivity contribution in [3.8, 4) is 5.75 Å². The number of aliphatic carboxylic acids is 1. The molecular weight excluding hydrogens is 336 g/mol. The van der Waals surface area contributed by atoms with Gasteiger partial charge in [0.1, 0.15) is 5.75 Å². The molecule has 1 saturated carbocycles. The van der Waals surface area contributed by atoms with Crippen LogP contribution in [-0.2, 0) is 9.53 Å². The molecule has 0 spiro atoms. The predicted octanol–water partition coefficient (Wildman–Crippen LogP) is 2.09. The Kier molecular flexibility index (Phi) is 4.03. The van der Waals surface area contributed by atoms with E-state index >= 15 is 0 Å². The van der Waals surface area contributed by atoms with Gasteiger partial charge in [0.05, 0.1) is 24.8 Å². The van der Waals surface area contributed by atoms with Crippen LogP contribution in [0.1, 0.15) is 41.2 Å². The van der Waals surface area contributed by atoms with E-state index in [0.717, 1.165) is 18.5 Å². The van der Waals surface area contributed by atoms with E-state index in [1.807, 2.05) is 6.07 Å². The van der Waals surface area contributed by atoms with Crippen molar-refractivity contribution in [3.05, 3.63) is 35.5 Å². The van der Waals surface area contributed by atoms with Gasteiger partial charge in [-0.05, 0) is 37.1 Å². The van der Waals surface area contributed by atoms with Gasteiger partial charge in [0.2, 0.25) is 0 Å². The van der Waals surface area contributed by atoms with Crippen molar-refractivity contribution in [2.75, 3.05) is 20.3 Å². The maximum Gasteiger partial charge on any atom is 0.331 e. The third-order valence-corrected chi connectivity index (χ3v) is 5.06. The molecule has 2 aliphatic rings. The number of hydrogen-bond donors (Lipinski definition) is 2. The van der Waals surface area contributed by atoms with E-state index in [9.17, 15) is 14.7 Å². The smallest absolute Gasteiger partial charge is 0.331 e. The summed E-state index contributed by atoms with van der Waals surface area (Å²) >= 11 is 0. The minimum atomic E-state index is -1.38. The number of carboxylic acids is 1. The summed E-state index contributed by atoms with van der Waals surface area (Å²) in [5.41, 5.74) is 0.612. The summed E-state index contributed by atoms with van der Waals surface area (Å²) in [6.07, 6.45) is 2.36. The third-order valence-electron chi connectivity index (χ3n) is 5.06. The van der Waals surface area contributed by atoms with Crippen LogP contribution in [0.4, 0.5) is 0 Å². The molecule has 1 aliphatic heterocycles. The summed E-state index contributed by atoms with van der Waals surface area (Å²) in [6, 6.07) is 7.16. The van der Waals surface area contributed by atoms with Crippen molar-refractivity contribution in [2.45, 2.75) is 30.7 Å². The topological polar surface area (TPSA) is 97.8 Å². The number of pyridine rings is 1. The summed E-state index contributed by atoms with van der Waals surface area (Å²) in [5, 5.41) is 12.9. The molecule has 26 heavy (non-hydrogen) atoms. The van der Waals surface area contributed by atoms with Crippen LogP contribution in [0, 0.1) is 0 Å². The highest BCUT2D eigenvalue weighted by atomic mass is 16.5. The Labute approximate surface area is 150 Å². The maximum atomic E-state index is 13.0. The number of nitrogens with zero attached hydrogens (tertiary/aromatic N) is 1. The molecule has 4 rings (SSSR count). The number of carbonyl (C=O) groups excluding carboxylic acids is 1. The quantitative estimate of drug-likeness (QED) is 0.851. The van der Waals surface area contributed by atoms with Crippen molar-refractivity contribution in [1.82, 2.24) is 10.3 Å². The molecule has 1 atom stereocenters. The Bertz CT molecular complexity index is 885. The summed E-state index contributed by atoms with van der Waals surface area (Å²) in [5.74, 6) is -0.525. The lowest BCUT2D eigenvalue weighted by molar-refractivity contribution is -0.144. The molecule has 7 nitrogen and oxygen atoms in total. The lowest BCUT2D eigenvalue weighted by Gasteiger charge is -2.24. The van der Waals surface area contributed by atoms with Crippen LogP contribution < -0.4 is 10.1 Å². The molecule has 2 fully saturated rings. The number of carbonyl (C=O) groups is 2. The summed E-state index contributed by atoms with van der Waals surface area (Å²) < 4.78 is 10.5. The van der Waals surface area contributed by atoms with Gasteiger partial charge in [0.15, 0.2) is 5.54 Å². The van der Waals surface area contributed by atoms with Crippen molar-refractivity contribution >= 4 is 22.8 Å². The number of rotatable bonds is 5. The molecular formula is C19H20N2O5. The molecule has 1 aliphatic carbocycles. The average Bonchev–Trinajstić information content (AvgIpc) is 3.39. The van der Waals surface area contributed by atoms with Gasteiger partial charge < -0.3 is 19.9 Å². The van der Waals surface area contributed by atoms with E-state index in [2.05, 4.69) is 10.3 Å². The van der Waals surface area contributed by atoms with Crippen LogP contribution in [0.2, 0.25) is 0 Å². The maximum absolute atomic E-state index is 13.0. The van der Waals surface area contributed by atoms with Crippen LogP contribution in [0.15, 0.2) is 24.3 Å². The molecule has 1 aromatic heterocycles. The number of carboxylic acid groups (broad SMARTS) is 1. The van der Waals surface area contributed by atoms with Crippen LogP contribution in [0.5, 0.6) is 5.75 Å². The molecule has 2 N–H and O–H groups in total. The fourth-order valence-electron chi connectivity index (χ4n) is 3.30. The van der Waals surface area contributed by atoms with Crippen molar-refractivity contribution in [3.63, 3.8) is 0 Å². The van der Waals surface area contributed by atoms with E-state index in [1.54, 1.807) is 25.3 Å². The second-order valence-electron chi connectivity index (χ2n) is 6.90. The first kappa shape index (κ1) is 16.8. The molecule has 1 aromatic carbocycles. The van der Waals surface area contributed by atoms with Gasteiger partial charge in [-0.15, -0.1) is 0 Å². The zero-order valence-electron chi connectivity index (χ0n) is 14.4. The van der Waals surface area contributed by atoms with Crippen LogP contribution in [-0.4, -0.2) is 47.8 Å². The molecule has 0 radical (unpaired) electrons. The summed E-state index contributed by atoms with van der Waals surface area (Å²) in [6.45, 7) is 0.278. The normalized spacial score (nSPS) is 22.3. The van der Waals surface area contributed by atoms with Gasteiger partial charge in [0.25, 0.3) is 5.91 Å². The van der Waals surface area contributed by atoms with Crippen molar-refractivity contribution in [1.29, 1.82) is 0 Å². The summed E-state index contributed by atoms with van der Waals surface area (Å²) in [7, 11) is 1.56. The van der Waals surface area contributed by atoms with E-state index in [-0.39, 0.29) is 13.0 Å². The predicted molar refractivity (Wildman–Crippen MR) is 93.5 cm³/mol. The van der Waals surface area contributed by atoms with Gasteiger partial charge in [-0.25, -0.2) is 4.79 Å². The number of nitrogens with one attached hydrogen (secondary N) is 1. The third kappa shape index (κ3) is 2.88. The molecule has 2 heterocycles. The Balaban J connectivity index is 1.78. The number of hydrogen-bond acceptors (Lipinski definition) is 5. The molecule has 0 bridgehead atoms. The van der Waals surface area contributed by atoms with Crippen LogP contribution >= 0.6 is 0 Å². The van der Waals surface area contributed by atoms with Gasteiger partial charge in [-0.2, -0.15) is 0 Å². The minimum Gasteiger partial charge on any atom is -0.497 e. The number of aromatic nitrogens is 1. The molecule has 2 aromatic rings. The molecule has 1 unspecified atom stereocenters. The van der Waals surface area contributed by atoms with E-state index in [1.165, 1.54) is 0 Å².